The van der Waals surface area contributed by atoms with E-state index in [0.717, 1.165) is 6.07 Å². The average Bonchev–Trinajstić information content (AvgIpc) is 2.27. The Labute approximate surface area is 107 Å². The number of phenols is 1. The van der Waals surface area contributed by atoms with Gasteiger partial charge in [-0.25, -0.2) is 5.43 Å². The number of hydrazone groups is 1. The van der Waals surface area contributed by atoms with Crippen LogP contribution in [0.2, 0.25) is 0 Å². The Kier molecular flexibility index (Phi) is 4.15. The van der Waals surface area contributed by atoms with Gasteiger partial charge in [0.1, 0.15) is 5.75 Å². The molecule has 0 atom stereocenters. The van der Waals surface area contributed by atoms with Crippen LogP contribution in [0.15, 0.2) is 29.4 Å². The van der Waals surface area contributed by atoms with E-state index in [0.29, 0.717) is 11.6 Å². The molecule has 20 heavy (non-hydrogen) atoms. The minimum absolute atomic E-state index is 0.0172. The SMILES string of the molecule is Oc1cccc(/C=N/NC(F)(F)C(F)(F)C(F)(F)F)c1. The van der Waals surface area contributed by atoms with E-state index in [1.54, 1.807) is 0 Å². The van der Waals surface area contributed by atoms with Gasteiger partial charge in [0.25, 0.3) is 0 Å². The van der Waals surface area contributed by atoms with E-state index in [9.17, 15) is 30.7 Å². The first-order valence-electron chi connectivity index (χ1n) is 4.89. The van der Waals surface area contributed by atoms with Crippen LogP contribution in [0.25, 0.3) is 0 Å². The van der Waals surface area contributed by atoms with Crippen molar-refractivity contribution in [2.24, 2.45) is 5.10 Å². The predicted molar refractivity (Wildman–Crippen MR) is 54.8 cm³/mol. The number of aromatic hydroxyl groups is 1. The second kappa shape index (κ2) is 5.17. The lowest BCUT2D eigenvalue weighted by Crippen LogP contribution is -2.58. The largest absolute Gasteiger partial charge is 0.508 e. The zero-order valence-electron chi connectivity index (χ0n) is 9.43. The maximum atomic E-state index is 12.7. The molecule has 1 rings (SSSR count). The summed E-state index contributed by atoms with van der Waals surface area (Å²) in [4.78, 5) is 0. The van der Waals surface area contributed by atoms with Gasteiger partial charge < -0.3 is 5.11 Å². The first-order valence-corrected chi connectivity index (χ1v) is 4.89. The zero-order valence-corrected chi connectivity index (χ0v) is 9.43. The first kappa shape index (κ1) is 16.1. The molecule has 0 amide bonds. The van der Waals surface area contributed by atoms with Crippen molar-refractivity contribution in [1.82, 2.24) is 5.43 Å². The average molecular weight is 304 g/mol. The molecule has 0 unspecified atom stereocenters. The van der Waals surface area contributed by atoms with Gasteiger partial charge in [0.05, 0.1) is 6.21 Å². The van der Waals surface area contributed by atoms with E-state index in [-0.39, 0.29) is 11.3 Å². The van der Waals surface area contributed by atoms with Crippen molar-refractivity contribution in [1.29, 1.82) is 0 Å². The van der Waals surface area contributed by atoms with E-state index < -0.39 is 18.1 Å². The Morgan fingerprint density at radius 1 is 1.05 bits per heavy atom. The van der Waals surface area contributed by atoms with Crippen LogP contribution in [0, 0.1) is 0 Å². The van der Waals surface area contributed by atoms with Crippen LogP contribution < -0.4 is 5.43 Å². The zero-order chi connectivity index (χ0) is 15.6. The molecular weight excluding hydrogens is 297 g/mol. The number of nitrogens with one attached hydrogen (secondary N) is 1. The Hall–Kier alpha value is -2.00. The third-order valence-electron chi connectivity index (χ3n) is 2.04. The Bertz CT molecular complexity index is 499. The number of alkyl halides is 7. The molecule has 112 valence electrons. The van der Waals surface area contributed by atoms with Gasteiger partial charge in [-0.15, -0.1) is 0 Å². The molecule has 0 aliphatic rings. The number of phenolic OH excluding ortho intramolecular Hbond substituents is 1. The summed E-state index contributed by atoms with van der Waals surface area (Å²) in [6, 6.07) is -0.801. The van der Waals surface area contributed by atoms with E-state index in [2.05, 4.69) is 5.10 Å². The molecule has 0 fully saturated rings. The van der Waals surface area contributed by atoms with Crippen molar-refractivity contribution in [3.05, 3.63) is 29.8 Å². The van der Waals surface area contributed by atoms with E-state index >= 15 is 0 Å². The summed E-state index contributed by atoms with van der Waals surface area (Å²) >= 11 is 0. The maximum absolute atomic E-state index is 12.7. The van der Waals surface area contributed by atoms with Crippen LogP contribution in [0.1, 0.15) is 5.56 Å². The molecule has 10 heteroatoms. The topological polar surface area (TPSA) is 44.6 Å². The number of rotatable bonds is 4. The van der Waals surface area contributed by atoms with Crippen LogP contribution in [0.5, 0.6) is 5.75 Å². The third kappa shape index (κ3) is 3.31. The van der Waals surface area contributed by atoms with Gasteiger partial charge >= 0.3 is 18.1 Å². The lowest BCUT2D eigenvalue weighted by atomic mass is 10.2. The highest BCUT2D eigenvalue weighted by Gasteiger charge is 2.73. The molecule has 0 saturated carbocycles. The van der Waals surface area contributed by atoms with Crippen LogP contribution >= 0.6 is 0 Å². The monoisotopic (exact) mass is 304 g/mol. The first-order chi connectivity index (χ1) is 8.97. The predicted octanol–water partition coefficient (Wildman–Crippen LogP) is 3.11. The number of nitrogens with zero attached hydrogens (tertiary/aromatic N) is 1. The smallest absolute Gasteiger partial charge is 0.462 e. The van der Waals surface area contributed by atoms with Gasteiger partial charge in [-0.05, 0) is 17.7 Å². The summed E-state index contributed by atoms with van der Waals surface area (Å²) in [6.45, 7) is 0. The number of hydrogen-bond donors (Lipinski definition) is 2. The fraction of sp³-hybridized carbons (Fsp3) is 0.300. The second-order valence-corrected chi connectivity index (χ2v) is 3.61. The van der Waals surface area contributed by atoms with E-state index in [1.165, 1.54) is 18.2 Å². The van der Waals surface area contributed by atoms with E-state index in [4.69, 9.17) is 5.11 Å². The molecular formula is C10H7F7N2O. The fourth-order valence-corrected chi connectivity index (χ4v) is 1.04. The summed E-state index contributed by atoms with van der Waals surface area (Å²) in [6.07, 6.45) is -5.87. The Morgan fingerprint density at radius 2 is 1.65 bits per heavy atom. The van der Waals surface area contributed by atoms with Crippen molar-refractivity contribution >= 4 is 6.21 Å². The van der Waals surface area contributed by atoms with Crippen LogP contribution in [-0.4, -0.2) is 29.5 Å². The van der Waals surface area contributed by atoms with Gasteiger partial charge in [0.2, 0.25) is 0 Å². The standard InChI is InChI=1S/C10H7F7N2O/c11-8(12,9(13,14)15)10(16,17)19-18-5-6-2-1-3-7(20)4-6/h1-5,19-20H/b18-5+. The summed E-state index contributed by atoms with van der Waals surface area (Å²) in [7, 11) is 0. The third-order valence-corrected chi connectivity index (χ3v) is 2.04. The molecule has 0 aliphatic heterocycles. The Balaban J connectivity index is 2.82. The molecule has 2 N–H and O–H groups in total. The highest BCUT2D eigenvalue weighted by atomic mass is 19.4. The maximum Gasteiger partial charge on any atom is 0.462 e. The van der Waals surface area contributed by atoms with E-state index in [1.807, 2.05) is 0 Å². The van der Waals surface area contributed by atoms with Crippen molar-refractivity contribution in [2.45, 2.75) is 18.1 Å². The Morgan fingerprint density at radius 3 is 2.15 bits per heavy atom. The molecule has 0 radical (unpaired) electrons. The van der Waals surface area contributed by atoms with Gasteiger partial charge in [-0.3, -0.25) is 0 Å². The molecule has 1 aromatic carbocycles. The van der Waals surface area contributed by atoms with Crippen LogP contribution in [0.4, 0.5) is 30.7 Å². The molecule has 3 nitrogen and oxygen atoms in total. The van der Waals surface area contributed by atoms with Gasteiger partial charge in [-0.1, -0.05) is 12.1 Å². The molecule has 0 bridgehead atoms. The van der Waals surface area contributed by atoms with Crippen molar-refractivity contribution in [2.75, 3.05) is 0 Å². The highest BCUT2D eigenvalue weighted by molar-refractivity contribution is 5.79. The molecule has 0 aromatic heterocycles. The summed E-state index contributed by atoms with van der Waals surface area (Å²) in [5.74, 6) is -6.54. The minimum atomic E-state index is -6.43. The number of halogens is 7. The molecule has 0 saturated heterocycles. The highest BCUT2D eigenvalue weighted by Crippen LogP contribution is 2.44. The number of benzene rings is 1. The fourth-order valence-electron chi connectivity index (χ4n) is 1.04. The van der Waals surface area contributed by atoms with Crippen LogP contribution in [0.3, 0.4) is 0 Å². The van der Waals surface area contributed by atoms with Gasteiger partial charge in [-0.2, -0.15) is 35.8 Å². The lowest BCUT2D eigenvalue weighted by molar-refractivity contribution is -0.361. The van der Waals surface area contributed by atoms with Crippen LogP contribution in [-0.2, 0) is 0 Å². The molecule has 0 heterocycles. The molecule has 0 aliphatic carbocycles. The second-order valence-electron chi connectivity index (χ2n) is 3.61. The van der Waals surface area contributed by atoms with Crippen molar-refractivity contribution in [3.8, 4) is 5.75 Å². The summed E-state index contributed by atoms with van der Waals surface area (Å²) in [5, 5.41) is 11.6. The van der Waals surface area contributed by atoms with Gasteiger partial charge in [0.15, 0.2) is 0 Å². The minimum Gasteiger partial charge on any atom is -0.508 e. The lowest BCUT2D eigenvalue weighted by Gasteiger charge is -2.27. The quantitative estimate of drug-likeness (QED) is 0.388. The normalized spacial score (nSPS) is 13.8. The summed E-state index contributed by atoms with van der Waals surface area (Å²) in [5.41, 5.74) is 0.475. The van der Waals surface area contributed by atoms with Crippen molar-refractivity contribution in [3.63, 3.8) is 0 Å². The summed E-state index contributed by atoms with van der Waals surface area (Å²) < 4.78 is 85.7. The molecule has 0 spiro atoms. The van der Waals surface area contributed by atoms with Gasteiger partial charge in [0, 0.05) is 0 Å². The molecule has 1 aromatic rings. The number of hydrogen-bond acceptors (Lipinski definition) is 3. The van der Waals surface area contributed by atoms with Crippen molar-refractivity contribution < 1.29 is 35.8 Å².